The summed E-state index contributed by atoms with van der Waals surface area (Å²) in [6.07, 6.45) is 0. The third-order valence-corrected chi connectivity index (χ3v) is 5.93. The first-order valence-corrected chi connectivity index (χ1v) is 11.0. The van der Waals surface area contributed by atoms with Gasteiger partial charge in [-0.15, -0.1) is 11.3 Å². The van der Waals surface area contributed by atoms with Crippen LogP contribution < -0.4 is 5.32 Å². The molecule has 0 bridgehead atoms. The summed E-state index contributed by atoms with van der Waals surface area (Å²) in [5, 5.41) is 7.01. The fraction of sp³-hybridized carbons (Fsp3) is 0.167. The number of halogens is 1. The quantitative estimate of drug-likeness (QED) is 0.390. The number of carbonyl (C=O) groups is 1. The standard InChI is InChI=1S/C24H22ClN3O2S/c1-28(2)15-16-5-3-6-17(11-16)18-7-4-8-19(12-18)21-13-20(30-27-21)14-26-24(29)22-9-10-23(25)31-22/h3-13H,14-15H2,1-2H3,(H,26,29). The Morgan fingerprint density at radius 3 is 2.52 bits per heavy atom. The van der Waals surface area contributed by atoms with Gasteiger partial charge in [0.25, 0.3) is 5.91 Å². The van der Waals surface area contributed by atoms with Gasteiger partial charge in [0, 0.05) is 18.2 Å². The Kier molecular flexibility index (Phi) is 6.51. The van der Waals surface area contributed by atoms with Gasteiger partial charge in [-0.25, -0.2) is 0 Å². The minimum atomic E-state index is -0.186. The lowest BCUT2D eigenvalue weighted by molar-refractivity contribution is 0.0951. The van der Waals surface area contributed by atoms with Crippen molar-refractivity contribution >= 4 is 28.8 Å². The number of benzene rings is 2. The van der Waals surface area contributed by atoms with Gasteiger partial charge in [-0.1, -0.05) is 53.2 Å². The van der Waals surface area contributed by atoms with Crippen LogP contribution in [0.3, 0.4) is 0 Å². The molecule has 5 nitrogen and oxygen atoms in total. The Bertz CT molecular complexity index is 1200. The first-order chi connectivity index (χ1) is 15.0. The summed E-state index contributed by atoms with van der Waals surface area (Å²) in [7, 11) is 4.13. The molecule has 0 fully saturated rings. The number of hydrogen-bond acceptors (Lipinski definition) is 5. The summed E-state index contributed by atoms with van der Waals surface area (Å²) >= 11 is 7.13. The molecule has 0 spiro atoms. The van der Waals surface area contributed by atoms with E-state index in [-0.39, 0.29) is 12.5 Å². The van der Waals surface area contributed by atoms with Crippen molar-refractivity contribution in [3.63, 3.8) is 0 Å². The maximum Gasteiger partial charge on any atom is 0.261 e. The van der Waals surface area contributed by atoms with Gasteiger partial charge in [-0.2, -0.15) is 0 Å². The molecule has 4 aromatic rings. The van der Waals surface area contributed by atoms with Crippen molar-refractivity contribution in [2.24, 2.45) is 0 Å². The van der Waals surface area contributed by atoms with Crippen molar-refractivity contribution in [2.75, 3.05) is 14.1 Å². The second-order valence-corrected chi connectivity index (χ2v) is 9.20. The van der Waals surface area contributed by atoms with E-state index < -0.39 is 0 Å². The van der Waals surface area contributed by atoms with Gasteiger partial charge in [0.2, 0.25) is 0 Å². The van der Waals surface area contributed by atoms with Crippen LogP contribution in [0.4, 0.5) is 0 Å². The van der Waals surface area contributed by atoms with Crippen molar-refractivity contribution in [3.05, 3.63) is 87.3 Å². The molecule has 0 radical (unpaired) electrons. The van der Waals surface area contributed by atoms with E-state index in [1.165, 1.54) is 16.9 Å². The van der Waals surface area contributed by atoms with Gasteiger partial charge >= 0.3 is 0 Å². The SMILES string of the molecule is CN(C)Cc1cccc(-c2cccc(-c3cc(CNC(=O)c4ccc(Cl)s4)on3)c2)c1. The fourth-order valence-electron chi connectivity index (χ4n) is 3.30. The van der Waals surface area contributed by atoms with Gasteiger partial charge in [0.1, 0.15) is 5.69 Å². The average molecular weight is 452 g/mol. The molecular weight excluding hydrogens is 430 g/mol. The predicted molar refractivity (Wildman–Crippen MR) is 125 cm³/mol. The Labute approximate surface area is 190 Å². The minimum absolute atomic E-state index is 0.186. The van der Waals surface area contributed by atoms with Crippen LogP contribution in [0.25, 0.3) is 22.4 Å². The van der Waals surface area contributed by atoms with Crippen LogP contribution in [-0.2, 0) is 13.1 Å². The lowest BCUT2D eigenvalue weighted by Crippen LogP contribution is -2.21. The maximum atomic E-state index is 12.2. The van der Waals surface area contributed by atoms with Crippen molar-refractivity contribution in [3.8, 4) is 22.4 Å². The van der Waals surface area contributed by atoms with Crippen LogP contribution >= 0.6 is 22.9 Å². The average Bonchev–Trinajstić information content (AvgIpc) is 3.41. The van der Waals surface area contributed by atoms with E-state index in [0.29, 0.717) is 15.0 Å². The lowest BCUT2D eigenvalue weighted by atomic mass is 10.00. The highest BCUT2D eigenvalue weighted by atomic mass is 35.5. The summed E-state index contributed by atoms with van der Waals surface area (Å²) in [4.78, 5) is 14.9. The van der Waals surface area contributed by atoms with Crippen LogP contribution in [-0.4, -0.2) is 30.1 Å². The highest BCUT2D eigenvalue weighted by molar-refractivity contribution is 7.17. The molecule has 0 unspecified atom stereocenters. The molecular formula is C24H22ClN3O2S. The first-order valence-electron chi connectivity index (χ1n) is 9.81. The third kappa shape index (κ3) is 5.41. The molecule has 31 heavy (non-hydrogen) atoms. The molecule has 0 saturated carbocycles. The van der Waals surface area contributed by atoms with Gasteiger partial charge < -0.3 is 14.7 Å². The van der Waals surface area contributed by atoms with Crippen LogP contribution in [0.2, 0.25) is 4.34 Å². The van der Waals surface area contributed by atoms with Gasteiger partial charge in [-0.3, -0.25) is 4.79 Å². The number of aromatic nitrogens is 1. The third-order valence-electron chi connectivity index (χ3n) is 4.70. The number of hydrogen-bond donors (Lipinski definition) is 1. The number of carbonyl (C=O) groups excluding carboxylic acids is 1. The predicted octanol–water partition coefficient (Wildman–Crippen LogP) is 5.72. The molecule has 2 aromatic carbocycles. The molecule has 0 aliphatic heterocycles. The summed E-state index contributed by atoms with van der Waals surface area (Å²) in [6, 6.07) is 22.0. The number of nitrogens with zero attached hydrogens (tertiary/aromatic N) is 2. The van der Waals surface area contributed by atoms with Crippen molar-refractivity contribution in [1.82, 2.24) is 15.4 Å². The molecule has 1 N–H and O–H groups in total. The Morgan fingerprint density at radius 2 is 1.77 bits per heavy atom. The molecule has 4 rings (SSSR count). The van der Waals surface area contributed by atoms with E-state index in [9.17, 15) is 4.79 Å². The van der Waals surface area contributed by atoms with Gasteiger partial charge in [0.15, 0.2) is 5.76 Å². The monoisotopic (exact) mass is 451 g/mol. The van der Waals surface area contributed by atoms with Crippen LogP contribution in [0.15, 0.2) is 71.3 Å². The second kappa shape index (κ2) is 9.47. The Hall–Kier alpha value is -2.93. The zero-order valence-corrected chi connectivity index (χ0v) is 18.8. The first kappa shape index (κ1) is 21.3. The zero-order valence-electron chi connectivity index (χ0n) is 17.3. The second-order valence-electron chi connectivity index (χ2n) is 7.48. The number of rotatable bonds is 7. The van der Waals surface area contributed by atoms with Crippen LogP contribution in [0, 0.1) is 0 Å². The Morgan fingerprint density at radius 1 is 1.03 bits per heavy atom. The number of thiophene rings is 1. The summed E-state index contributed by atoms with van der Waals surface area (Å²) in [6.45, 7) is 1.15. The van der Waals surface area contributed by atoms with Crippen molar-refractivity contribution < 1.29 is 9.32 Å². The van der Waals surface area contributed by atoms with Gasteiger partial charge in [0.05, 0.1) is 15.8 Å². The highest BCUT2D eigenvalue weighted by Gasteiger charge is 2.12. The number of amides is 1. The molecule has 1 amide bonds. The topological polar surface area (TPSA) is 58.4 Å². The summed E-state index contributed by atoms with van der Waals surface area (Å²) in [5.74, 6) is 0.402. The van der Waals surface area contributed by atoms with E-state index in [1.807, 2.05) is 18.2 Å². The summed E-state index contributed by atoms with van der Waals surface area (Å²) < 4.78 is 6.01. The lowest BCUT2D eigenvalue weighted by Gasteiger charge is -2.11. The van der Waals surface area contributed by atoms with Crippen LogP contribution in [0.1, 0.15) is 21.0 Å². The van der Waals surface area contributed by atoms with E-state index in [0.717, 1.165) is 28.9 Å². The molecule has 2 aromatic heterocycles. The smallest absolute Gasteiger partial charge is 0.261 e. The molecule has 0 aliphatic rings. The molecule has 158 valence electrons. The number of nitrogens with one attached hydrogen (secondary N) is 1. The molecule has 2 heterocycles. The van der Waals surface area contributed by atoms with Gasteiger partial charge in [-0.05, 0) is 55.1 Å². The normalized spacial score (nSPS) is 11.1. The Balaban J connectivity index is 1.47. The van der Waals surface area contributed by atoms with Crippen LogP contribution in [0.5, 0.6) is 0 Å². The molecule has 0 saturated heterocycles. The maximum absolute atomic E-state index is 12.2. The zero-order chi connectivity index (χ0) is 21.8. The van der Waals surface area contributed by atoms with E-state index in [1.54, 1.807) is 12.1 Å². The van der Waals surface area contributed by atoms with Crippen molar-refractivity contribution in [1.29, 1.82) is 0 Å². The van der Waals surface area contributed by atoms with Crippen molar-refractivity contribution in [2.45, 2.75) is 13.1 Å². The highest BCUT2D eigenvalue weighted by Crippen LogP contribution is 2.27. The van der Waals surface area contributed by atoms with E-state index in [2.05, 4.69) is 65.9 Å². The molecule has 0 atom stereocenters. The largest absolute Gasteiger partial charge is 0.359 e. The van der Waals surface area contributed by atoms with E-state index in [4.69, 9.17) is 16.1 Å². The molecule has 7 heteroatoms. The summed E-state index contributed by atoms with van der Waals surface area (Å²) in [5.41, 5.74) is 5.23. The minimum Gasteiger partial charge on any atom is -0.359 e. The molecule has 0 aliphatic carbocycles. The van der Waals surface area contributed by atoms with E-state index >= 15 is 0 Å². The fourth-order valence-corrected chi connectivity index (χ4v) is 4.26.